The van der Waals surface area contributed by atoms with Crippen molar-refractivity contribution in [2.45, 2.75) is 45.6 Å². The van der Waals surface area contributed by atoms with E-state index in [1.165, 1.54) is 0 Å². The maximum atomic E-state index is 10.1. The van der Waals surface area contributed by atoms with Gasteiger partial charge in [-0.2, -0.15) is 0 Å². The van der Waals surface area contributed by atoms with Gasteiger partial charge in [0.2, 0.25) is 0 Å². The highest BCUT2D eigenvalue weighted by atomic mass is 16.3. The average molecular weight is 186 g/mol. The van der Waals surface area contributed by atoms with Crippen LogP contribution in [-0.2, 0) is 0 Å². The Morgan fingerprint density at radius 1 is 1.46 bits per heavy atom. The normalized spacial score (nSPS) is 40.2. The van der Waals surface area contributed by atoms with Crippen LogP contribution in [0.25, 0.3) is 0 Å². The smallest absolute Gasteiger partial charge is 0.0651 e. The lowest BCUT2D eigenvalue weighted by Crippen LogP contribution is -2.33. The van der Waals surface area contributed by atoms with Crippen LogP contribution in [0.2, 0.25) is 0 Å². The van der Waals surface area contributed by atoms with E-state index in [-0.39, 0.29) is 12.5 Å². The Hall–Kier alpha value is -0.0800. The fourth-order valence-corrected chi connectivity index (χ4v) is 2.77. The van der Waals surface area contributed by atoms with Crippen molar-refractivity contribution in [2.24, 2.45) is 17.8 Å². The molecule has 78 valence electrons. The largest absolute Gasteiger partial charge is 0.396 e. The van der Waals surface area contributed by atoms with Gasteiger partial charge in [0.15, 0.2) is 0 Å². The first kappa shape index (κ1) is 11.0. The van der Waals surface area contributed by atoms with Gasteiger partial charge >= 0.3 is 0 Å². The first-order valence-electron chi connectivity index (χ1n) is 5.32. The highest BCUT2D eigenvalue weighted by Crippen LogP contribution is 2.45. The maximum Gasteiger partial charge on any atom is 0.0651 e. The Bertz CT molecular complexity index is 163. The molecule has 1 fully saturated rings. The summed E-state index contributed by atoms with van der Waals surface area (Å²) >= 11 is 0. The van der Waals surface area contributed by atoms with E-state index in [4.69, 9.17) is 5.11 Å². The van der Waals surface area contributed by atoms with Gasteiger partial charge in [0.05, 0.1) is 5.60 Å². The summed E-state index contributed by atoms with van der Waals surface area (Å²) in [6, 6.07) is 0. The maximum absolute atomic E-state index is 10.1. The van der Waals surface area contributed by atoms with Gasteiger partial charge in [0, 0.05) is 6.61 Å². The van der Waals surface area contributed by atoms with Crippen molar-refractivity contribution < 1.29 is 10.2 Å². The summed E-state index contributed by atoms with van der Waals surface area (Å²) < 4.78 is 0. The highest BCUT2D eigenvalue weighted by Gasteiger charge is 2.44. The van der Waals surface area contributed by atoms with E-state index in [9.17, 15) is 5.11 Å². The van der Waals surface area contributed by atoms with Crippen molar-refractivity contribution in [3.8, 4) is 0 Å². The molecule has 0 spiro atoms. The van der Waals surface area contributed by atoms with Gasteiger partial charge in [-0.15, -0.1) is 0 Å². The van der Waals surface area contributed by atoms with Crippen LogP contribution in [0.5, 0.6) is 0 Å². The molecule has 0 unspecified atom stereocenters. The lowest BCUT2D eigenvalue weighted by molar-refractivity contribution is -0.00552. The van der Waals surface area contributed by atoms with Gasteiger partial charge in [0.25, 0.3) is 0 Å². The third-order valence-corrected chi connectivity index (χ3v) is 3.60. The molecule has 0 aliphatic heterocycles. The number of aliphatic hydroxyl groups excluding tert-OH is 1. The van der Waals surface area contributed by atoms with Crippen molar-refractivity contribution in [2.75, 3.05) is 6.61 Å². The number of hydrogen-bond donors (Lipinski definition) is 2. The molecule has 0 aromatic heterocycles. The number of aliphatic hydroxyl groups is 2. The lowest BCUT2D eigenvalue weighted by Gasteiger charge is -2.30. The molecular formula is C11H22O2. The molecule has 2 N–H and O–H groups in total. The van der Waals surface area contributed by atoms with Gasteiger partial charge < -0.3 is 10.2 Å². The topological polar surface area (TPSA) is 40.5 Å². The molecule has 1 saturated carbocycles. The van der Waals surface area contributed by atoms with Crippen molar-refractivity contribution in [3.05, 3.63) is 0 Å². The van der Waals surface area contributed by atoms with Crippen LogP contribution in [0.3, 0.4) is 0 Å². The van der Waals surface area contributed by atoms with Crippen molar-refractivity contribution in [1.82, 2.24) is 0 Å². The molecule has 2 heteroatoms. The summed E-state index contributed by atoms with van der Waals surface area (Å²) in [5.41, 5.74) is -0.544. The van der Waals surface area contributed by atoms with Gasteiger partial charge in [-0.1, -0.05) is 13.8 Å². The second-order valence-electron chi connectivity index (χ2n) is 4.92. The first-order valence-corrected chi connectivity index (χ1v) is 5.32. The Labute approximate surface area is 81.0 Å². The monoisotopic (exact) mass is 186 g/mol. The van der Waals surface area contributed by atoms with Crippen LogP contribution < -0.4 is 0 Å². The van der Waals surface area contributed by atoms with Crippen LogP contribution in [0.15, 0.2) is 0 Å². The molecular weight excluding hydrogens is 164 g/mol. The van der Waals surface area contributed by atoms with Crippen molar-refractivity contribution in [3.63, 3.8) is 0 Å². The van der Waals surface area contributed by atoms with E-state index in [0.717, 1.165) is 19.3 Å². The Balaban J connectivity index is 2.67. The Morgan fingerprint density at radius 3 is 2.54 bits per heavy atom. The second kappa shape index (κ2) is 3.97. The summed E-state index contributed by atoms with van der Waals surface area (Å²) in [7, 11) is 0. The summed E-state index contributed by atoms with van der Waals surface area (Å²) in [4.78, 5) is 0. The molecule has 0 aromatic rings. The summed E-state index contributed by atoms with van der Waals surface area (Å²) in [6.07, 6.45) is 2.74. The number of rotatable bonds is 3. The van der Waals surface area contributed by atoms with Crippen molar-refractivity contribution >= 4 is 0 Å². The Morgan fingerprint density at radius 2 is 2.08 bits per heavy atom. The molecule has 0 heterocycles. The van der Waals surface area contributed by atoms with Gasteiger partial charge in [0.1, 0.15) is 0 Å². The Kier molecular flexibility index (Phi) is 3.36. The van der Waals surface area contributed by atoms with E-state index < -0.39 is 5.60 Å². The quantitative estimate of drug-likeness (QED) is 0.705. The molecule has 13 heavy (non-hydrogen) atoms. The fraction of sp³-hybridized carbons (Fsp3) is 1.00. The first-order chi connectivity index (χ1) is 5.99. The van der Waals surface area contributed by atoms with Crippen LogP contribution in [0, 0.1) is 17.8 Å². The summed E-state index contributed by atoms with van der Waals surface area (Å²) in [5.74, 6) is 1.49. The van der Waals surface area contributed by atoms with Crippen LogP contribution in [0.4, 0.5) is 0 Å². The SMILES string of the molecule is CC(C)[C@@H]1CC[C@@](C)(O)[C@H]1CCO. The van der Waals surface area contributed by atoms with Crippen LogP contribution in [-0.4, -0.2) is 22.4 Å². The molecule has 0 aromatic carbocycles. The molecule has 2 nitrogen and oxygen atoms in total. The average Bonchev–Trinajstić information content (AvgIpc) is 2.29. The van der Waals surface area contributed by atoms with Gasteiger partial charge in [-0.3, -0.25) is 0 Å². The zero-order valence-corrected chi connectivity index (χ0v) is 8.95. The van der Waals surface area contributed by atoms with Crippen molar-refractivity contribution in [1.29, 1.82) is 0 Å². The lowest BCUT2D eigenvalue weighted by atomic mass is 9.79. The fourth-order valence-electron chi connectivity index (χ4n) is 2.77. The standard InChI is InChI=1S/C11H22O2/c1-8(2)9-4-6-11(3,13)10(9)5-7-12/h8-10,12-13H,4-7H2,1-3H3/t9-,10-,11+/m0/s1. The minimum absolute atomic E-state index is 0.198. The van der Waals surface area contributed by atoms with E-state index in [1.54, 1.807) is 0 Å². The third kappa shape index (κ3) is 2.23. The molecule has 3 atom stereocenters. The molecule has 1 aliphatic rings. The zero-order chi connectivity index (χ0) is 10.1. The summed E-state index contributed by atoms with van der Waals surface area (Å²) in [6.45, 7) is 6.52. The predicted octanol–water partition coefficient (Wildman–Crippen LogP) is 1.80. The van der Waals surface area contributed by atoms with Crippen LogP contribution in [0.1, 0.15) is 40.0 Å². The van der Waals surface area contributed by atoms with E-state index in [1.807, 2.05) is 6.92 Å². The van der Waals surface area contributed by atoms with Crippen LogP contribution >= 0.6 is 0 Å². The predicted molar refractivity (Wildman–Crippen MR) is 53.4 cm³/mol. The van der Waals surface area contributed by atoms with Gasteiger partial charge in [-0.05, 0) is 43.9 Å². The van der Waals surface area contributed by atoms with E-state index >= 15 is 0 Å². The zero-order valence-electron chi connectivity index (χ0n) is 8.95. The van der Waals surface area contributed by atoms with E-state index in [0.29, 0.717) is 11.8 Å². The minimum Gasteiger partial charge on any atom is -0.396 e. The molecule has 1 aliphatic carbocycles. The highest BCUT2D eigenvalue weighted by molar-refractivity contribution is 4.94. The molecule has 1 rings (SSSR count). The number of hydrogen-bond acceptors (Lipinski definition) is 2. The summed E-state index contributed by atoms with van der Waals surface area (Å²) in [5, 5.41) is 19.0. The minimum atomic E-state index is -0.544. The van der Waals surface area contributed by atoms with Gasteiger partial charge in [-0.25, -0.2) is 0 Å². The molecule has 0 bridgehead atoms. The second-order valence-corrected chi connectivity index (χ2v) is 4.92. The van der Waals surface area contributed by atoms with E-state index in [2.05, 4.69) is 13.8 Å². The molecule has 0 saturated heterocycles. The third-order valence-electron chi connectivity index (χ3n) is 3.60. The molecule has 0 radical (unpaired) electrons. The molecule has 0 amide bonds.